The van der Waals surface area contributed by atoms with Crippen molar-refractivity contribution in [2.75, 3.05) is 27.4 Å². The largest absolute Gasteiger partial charge is 0.497 e. The minimum Gasteiger partial charge on any atom is -0.497 e. The Labute approximate surface area is 196 Å². The Hall–Kier alpha value is -3.30. The van der Waals surface area contributed by atoms with E-state index in [9.17, 15) is 9.59 Å². The Morgan fingerprint density at radius 3 is 2.58 bits per heavy atom. The molecule has 2 atom stereocenters. The fraction of sp³-hybridized carbons (Fsp3) is 0.407. The molecule has 0 bridgehead atoms. The summed E-state index contributed by atoms with van der Waals surface area (Å²) in [4.78, 5) is 27.2. The van der Waals surface area contributed by atoms with Gasteiger partial charge in [0.05, 0.1) is 19.8 Å². The van der Waals surface area contributed by atoms with E-state index in [1.165, 1.54) is 0 Å². The normalized spacial score (nSPS) is 17.1. The van der Waals surface area contributed by atoms with Crippen LogP contribution in [0.4, 0.5) is 0 Å². The van der Waals surface area contributed by atoms with Crippen LogP contribution in [0.2, 0.25) is 0 Å². The number of unbranched alkanes of at least 4 members (excludes halogenated alkanes) is 1. The second kappa shape index (κ2) is 11.5. The maximum Gasteiger partial charge on any atom is 0.299 e. The summed E-state index contributed by atoms with van der Waals surface area (Å²) < 4.78 is 10.4. The molecule has 0 saturated heterocycles. The van der Waals surface area contributed by atoms with Crippen molar-refractivity contribution in [1.29, 1.82) is 0 Å². The van der Waals surface area contributed by atoms with Gasteiger partial charge in [-0.2, -0.15) is 0 Å². The lowest BCUT2D eigenvalue weighted by molar-refractivity contribution is -0.130. The van der Waals surface area contributed by atoms with Gasteiger partial charge in [0.15, 0.2) is 0 Å². The van der Waals surface area contributed by atoms with Crippen molar-refractivity contribution in [2.45, 2.75) is 44.7 Å². The standard InChI is InChI=1S/C27H32N2O4/c1-5-7-8-22-17-21-18-23(33-4)13-14-24(21)26(29(22)25(30)6-2)19-9-11-20(12-10-19)27(31)28-15-16-32-3/h2,9-14,18,22,26H,5,7-8,15-17H2,1,3-4H3,(H,28,31)/t22-,26-/m0/s1. The third kappa shape index (κ3) is 5.55. The predicted molar refractivity (Wildman–Crippen MR) is 128 cm³/mol. The highest BCUT2D eigenvalue weighted by Gasteiger charge is 2.37. The van der Waals surface area contributed by atoms with E-state index in [-0.39, 0.29) is 23.9 Å². The van der Waals surface area contributed by atoms with Crippen LogP contribution in [0.3, 0.4) is 0 Å². The highest BCUT2D eigenvalue weighted by atomic mass is 16.5. The summed E-state index contributed by atoms with van der Waals surface area (Å²) >= 11 is 0. The van der Waals surface area contributed by atoms with Crippen molar-refractivity contribution >= 4 is 11.8 Å². The molecule has 2 amide bonds. The first kappa shape index (κ1) is 24.3. The van der Waals surface area contributed by atoms with Crippen LogP contribution in [0.25, 0.3) is 0 Å². The number of hydrogen-bond acceptors (Lipinski definition) is 4. The molecule has 1 heterocycles. The van der Waals surface area contributed by atoms with E-state index in [4.69, 9.17) is 15.9 Å². The van der Waals surface area contributed by atoms with Gasteiger partial charge in [-0.25, -0.2) is 0 Å². The molecule has 2 aromatic rings. The van der Waals surface area contributed by atoms with Crippen molar-refractivity contribution in [2.24, 2.45) is 0 Å². The molecule has 2 aromatic carbocycles. The fourth-order valence-corrected chi connectivity index (χ4v) is 4.43. The van der Waals surface area contributed by atoms with Gasteiger partial charge in [0.1, 0.15) is 5.75 Å². The molecule has 33 heavy (non-hydrogen) atoms. The van der Waals surface area contributed by atoms with Gasteiger partial charge in [-0.05, 0) is 59.7 Å². The third-order valence-corrected chi connectivity index (χ3v) is 6.10. The fourth-order valence-electron chi connectivity index (χ4n) is 4.43. The van der Waals surface area contributed by atoms with Gasteiger partial charge in [-0.1, -0.05) is 38.0 Å². The van der Waals surface area contributed by atoms with Crippen molar-refractivity contribution in [1.82, 2.24) is 10.2 Å². The minimum atomic E-state index is -0.323. The van der Waals surface area contributed by atoms with Gasteiger partial charge in [-0.3, -0.25) is 9.59 Å². The first-order valence-corrected chi connectivity index (χ1v) is 11.4. The first-order chi connectivity index (χ1) is 16.0. The Balaban J connectivity index is 2.01. The molecular formula is C27H32N2O4. The molecule has 0 saturated carbocycles. The molecule has 0 radical (unpaired) electrons. The smallest absolute Gasteiger partial charge is 0.299 e. The molecule has 1 aliphatic heterocycles. The van der Waals surface area contributed by atoms with E-state index in [1.54, 1.807) is 26.4 Å². The maximum atomic E-state index is 13.0. The van der Waals surface area contributed by atoms with E-state index in [1.807, 2.05) is 29.2 Å². The molecule has 1 aliphatic rings. The van der Waals surface area contributed by atoms with E-state index in [2.05, 4.69) is 24.2 Å². The maximum absolute atomic E-state index is 13.0. The number of benzene rings is 2. The van der Waals surface area contributed by atoms with Crippen LogP contribution < -0.4 is 10.1 Å². The molecular weight excluding hydrogens is 416 g/mol. The Kier molecular flexibility index (Phi) is 8.51. The number of fused-ring (bicyclic) bond motifs is 1. The van der Waals surface area contributed by atoms with Crippen LogP contribution in [0, 0.1) is 12.3 Å². The van der Waals surface area contributed by atoms with E-state index >= 15 is 0 Å². The Bertz CT molecular complexity index is 1010. The zero-order valence-electron chi connectivity index (χ0n) is 19.6. The Morgan fingerprint density at radius 2 is 1.94 bits per heavy atom. The minimum absolute atomic E-state index is 0.00451. The quantitative estimate of drug-likeness (QED) is 0.469. The van der Waals surface area contributed by atoms with E-state index < -0.39 is 0 Å². The van der Waals surface area contributed by atoms with Gasteiger partial charge in [0.25, 0.3) is 11.8 Å². The SMILES string of the molecule is C#CC(=O)N1[C@@H](CCCC)Cc2cc(OC)ccc2[C@@H]1c1ccc(C(=O)NCCOC)cc1. The molecule has 0 fully saturated rings. The number of nitrogens with one attached hydrogen (secondary N) is 1. The van der Waals surface area contributed by atoms with Crippen LogP contribution in [-0.4, -0.2) is 50.1 Å². The number of rotatable bonds is 9. The number of ether oxygens (including phenoxy) is 2. The molecule has 0 spiro atoms. The van der Waals surface area contributed by atoms with Crippen LogP contribution >= 0.6 is 0 Å². The Morgan fingerprint density at radius 1 is 1.18 bits per heavy atom. The summed E-state index contributed by atoms with van der Waals surface area (Å²) in [6.45, 7) is 3.04. The van der Waals surface area contributed by atoms with Crippen LogP contribution in [0.5, 0.6) is 5.75 Å². The topological polar surface area (TPSA) is 67.9 Å². The zero-order valence-corrected chi connectivity index (χ0v) is 19.6. The summed E-state index contributed by atoms with van der Waals surface area (Å²) in [6, 6.07) is 13.0. The molecule has 6 heteroatoms. The molecule has 6 nitrogen and oxygen atoms in total. The summed E-state index contributed by atoms with van der Waals surface area (Å²) in [5.41, 5.74) is 3.66. The van der Waals surface area contributed by atoms with Crippen molar-refractivity contribution < 1.29 is 19.1 Å². The van der Waals surface area contributed by atoms with Crippen LogP contribution in [-0.2, 0) is 16.0 Å². The molecule has 0 aliphatic carbocycles. The second-order valence-electron chi connectivity index (χ2n) is 8.19. The van der Waals surface area contributed by atoms with Gasteiger partial charge < -0.3 is 19.7 Å². The lowest BCUT2D eigenvalue weighted by Crippen LogP contribution is -2.47. The van der Waals surface area contributed by atoms with Crippen molar-refractivity contribution in [3.63, 3.8) is 0 Å². The molecule has 0 aromatic heterocycles. The summed E-state index contributed by atoms with van der Waals surface area (Å²) in [7, 11) is 3.25. The van der Waals surface area contributed by atoms with Gasteiger partial charge in [0, 0.05) is 25.3 Å². The molecule has 3 rings (SSSR count). The summed E-state index contributed by atoms with van der Waals surface area (Å²) in [5, 5.41) is 2.82. The van der Waals surface area contributed by atoms with Crippen molar-refractivity contribution in [3.05, 3.63) is 64.7 Å². The van der Waals surface area contributed by atoms with Gasteiger partial charge >= 0.3 is 0 Å². The molecule has 174 valence electrons. The lowest BCUT2D eigenvalue weighted by atomic mass is 9.82. The number of terminal acetylenes is 1. The molecule has 1 N–H and O–H groups in total. The number of hydrogen-bond donors (Lipinski definition) is 1. The summed E-state index contributed by atoms with van der Waals surface area (Å²) in [6.07, 6.45) is 9.25. The van der Waals surface area contributed by atoms with Gasteiger partial charge in [-0.15, -0.1) is 6.42 Å². The number of methoxy groups -OCH3 is 2. The number of nitrogens with zero attached hydrogens (tertiary/aromatic N) is 1. The second-order valence-corrected chi connectivity index (χ2v) is 8.19. The number of carbonyl (C=O) groups is 2. The highest BCUT2D eigenvalue weighted by molar-refractivity contribution is 5.95. The van der Waals surface area contributed by atoms with Crippen molar-refractivity contribution in [3.8, 4) is 18.1 Å². The van der Waals surface area contributed by atoms with E-state index in [0.717, 1.165) is 48.1 Å². The number of amides is 2. The highest BCUT2D eigenvalue weighted by Crippen LogP contribution is 2.40. The third-order valence-electron chi connectivity index (χ3n) is 6.10. The molecule has 0 unspecified atom stereocenters. The monoisotopic (exact) mass is 448 g/mol. The van der Waals surface area contributed by atoms with E-state index in [0.29, 0.717) is 18.7 Å². The average molecular weight is 449 g/mol. The zero-order chi connectivity index (χ0) is 23.8. The van der Waals surface area contributed by atoms with Crippen LogP contribution in [0.15, 0.2) is 42.5 Å². The van der Waals surface area contributed by atoms with Crippen LogP contribution in [0.1, 0.15) is 59.3 Å². The average Bonchev–Trinajstić information content (AvgIpc) is 2.85. The van der Waals surface area contributed by atoms with Gasteiger partial charge in [0.2, 0.25) is 0 Å². The lowest BCUT2D eigenvalue weighted by Gasteiger charge is -2.43. The summed E-state index contributed by atoms with van der Waals surface area (Å²) in [5.74, 6) is 2.65. The predicted octanol–water partition coefficient (Wildman–Crippen LogP) is 3.74. The first-order valence-electron chi connectivity index (χ1n) is 11.4. The number of carbonyl (C=O) groups excluding carboxylic acids is 2.